The molecule has 4 heterocycles. The van der Waals surface area contributed by atoms with E-state index >= 15 is 0 Å². The van der Waals surface area contributed by atoms with Gasteiger partial charge < -0.3 is 23.6 Å². The third kappa shape index (κ3) is 3.94. The van der Waals surface area contributed by atoms with Crippen molar-refractivity contribution in [3.63, 3.8) is 0 Å². The molecular formula is C13H21FO9P2S2. The second-order valence-electron chi connectivity index (χ2n) is 7.09. The summed E-state index contributed by atoms with van der Waals surface area (Å²) < 4.78 is 65.9. The molecule has 0 aliphatic carbocycles. The van der Waals surface area contributed by atoms with Crippen molar-refractivity contribution in [2.45, 2.75) is 62.2 Å². The summed E-state index contributed by atoms with van der Waals surface area (Å²) in [7, 11) is 0. The average Bonchev–Trinajstić information content (AvgIpc) is 3.13. The van der Waals surface area contributed by atoms with Crippen LogP contribution in [0.25, 0.3) is 0 Å². The minimum atomic E-state index is -3.96. The second-order valence-corrected chi connectivity index (χ2v) is 12.8. The van der Waals surface area contributed by atoms with Crippen LogP contribution in [-0.2, 0) is 48.7 Å². The fourth-order valence-corrected chi connectivity index (χ4v) is 6.78. The van der Waals surface area contributed by atoms with Crippen molar-refractivity contribution in [3.8, 4) is 0 Å². The van der Waals surface area contributed by atoms with Crippen molar-refractivity contribution in [2.75, 3.05) is 19.8 Å². The summed E-state index contributed by atoms with van der Waals surface area (Å²) in [4.78, 5) is 10.5. The molecule has 4 aliphatic heterocycles. The minimum Gasteiger partial charge on any atom is -0.369 e. The highest BCUT2D eigenvalue weighted by Gasteiger charge is 2.63. The predicted octanol–water partition coefficient (Wildman–Crippen LogP) is 1.74. The molecule has 9 nitrogen and oxygen atoms in total. The van der Waals surface area contributed by atoms with E-state index in [0.29, 0.717) is 0 Å². The molecule has 0 aromatic rings. The van der Waals surface area contributed by atoms with Gasteiger partial charge in [0.1, 0.15) is 30.0 Å². The third-order valence-electron chi connectivity index (χ3n) is 5.11. The van der Waals surface area contributed by atoms with E-state index in [2.05, 4.69) is 12.2 Å². The highest BCUT2D eigenvalue weighted by Crippen LogP contribution is 2.59. The topological polar surface area (TPSA) is 102 Å². The van der Waals surface area contributed by atoms with E-state index in [0.717, 1.165) is 0 Å². The molecule has 10 atom stereocenters. The smallest absolute Gasteiger partial charge is 0.369 e. The molecule has 1 N–H and O–H groups in total. The van der Waals surface area contributed by atoms with Gasteiger partial charge in [0.05, 0.1) is 32.0 Å². The molecule has 0 amide bonds. The van der Waals surface area contributed by atoms with Gasteiger partial charge in [-0.15, -0.1) is 0 Å². The average molecular weight is 466 g/mol. The lowest BCUT2D eigenvalue weighted by Gasteiger charge is -2.33. The fourth-order valence-electron chi connectivity index (χ4n) is 3.82. The zero-order valence-electron chi connectivity index (χ0n) is 14.5. The Kier molecular flexibility index (Phi) is 5.63. The molecule has 0 spiro atoms. The Hall–Kier alpha value is 0.840. The van der Waals surface area contributed by atoms with Gasteiger partial charge in [-0.05, 0) is 25.7 Å². The van der Waals surface area contributed by atoms with Crippen LogP contribution < -0.4 is 0 Å². The fraction of sp³-hybridized carbons (Fsp3) is 1.00. The Morgan fingerprint density at radius 1 is 1.19 bits per heavy atom. The molecule has 2 bridgehead atoms. The molecule has 4 fully saturated rings. The van der Waals surface area contributed by atoms with Gasteiger partial charge in [0.25, 0.3) is 0 Å². The van der Waals surface area contributed by atoms with E-state index in [1.165, 1.54) is 6.92 Å². The first-order valence-electron chi connectivity index (χ1n) is 8.42. The van der Waals surface area contributed by atoms with Crippen LogP contribution in [0.1, 0.15) is 13.8 Å². The molecule has 14 heteroatoms. The lowest BCUT2D eigenvalue weighted by atomic mass is 10.0. The van der Waals surface area contributed by atoms with Crippen molar-refractivity contribution in [1.29, 1.82) is 0 Å². The van der Waals surface area contributed by atoms with Gasteiger partial charge in [-0.2, -0.15) is 0 Å². The van der Waals surface area contributed by atoms with Crippen LogP contribution in [0.15, 0.2) is 0 Å². The van der Waals surface area contributed by atoms with Crippen LogP contribution in [0.4, 0.5) is 4.39 Å². The Labute approximate surface area is 166 Å². The lowest BCUT2D eigenvalue weighted by molar-refractivity contribution is -0.152. The number of rotatable bonds is 0. The van der Waals surface area contributed by atoms with Crippen LogP contribution in [0.2, 0.25) is 0 Å². The summed E-state index contributed by atoms with van der Waals surface area (Å²) in [5.41, 5.74) is -1.16. The Morgan fingerprint density at radius 3 is 2.63 bits per heavy atom. The van der Waals surface area contributed by atoms with E-state index in [9.17, 15) is 13.8 Å². The van der Waals surface area contributed by atoms with Gasteiger partial charge in [-0.1, -0.05) is 12.2 Å². The summed E-state index contributed by atoms with van der Waals surface area (Å²) in [6.07, 6.45) is -6.29. The van der Waals surface area contributed by atoms with E-state index in [1.54, 1.807) is 6.92 Å². The quantitative estimate of drug-likeness (QED) is 0.406. The largest absolute Gasteiger partial charge is 0.386 e. The van der Waals surface area contributed by atoms with Gasteiger partial charge in [-0.25, -0.2) is 8.96 Å². The van der Waals surface area contributed by atoms with Gasteiger partial charge in [0.2, 0.25) is 0 Å². The normalized spacial score (nSPS) is 58.9. The number of hydrogen-bond donors (Lipinski definition) is 2. The summed E-state index contributed by atoms with van der Waals surface area (Å²) in [5, 5.41) is 0. The minimum absolute atomic E-state index is 0.0771. The number of halogens is 1. The van der Waals surface area contributed by atoms with E-state index in [1.807, 2.05) is 0 Å². The molecule has 4 saturated heterocycles. The van der Waals surface area contributed by atoms with Crippen LogP contribution in [0, 0.1) is 0 Å². The van der Waals surface area contributed by atoms with Crippen molar-refractivity contribution >= 4 is 37.6 Å². The van der Waals surface area contributed by atoms with Gasteiger partial charge in [-0.3, -0.25) is 13.6 Å². The van der Waals surface area contributed by atoms with Crippen LogP contribution >= 0.6 is 25.8 Å². The van der Waals surface area contributed by atoms with Crippen LogP contribution in [0.3, 0.4) is 0 Å². The number of thiol groups is 1. The number of ether oxygens (including phenoxy) is 3. The molecule has 2 unspecified atom stereocenters. The lowest BCUT2D eigenvalue weighted by Crippen LogP contribution is -2.46. The maximum Gasteiger partial charge on any atom is 0.386 e. The molecule has 0 aromatic carbocycles. The maximum absolute atomic E-state index is 14.5. The Balaban J connectivity index is 1.63. The monoisotopic (exact) mass is 466 g/mol. The number of fused-ring (bicyclic) bond motifs is 1. The van der Waals surface area contributed by atoms with Crippen LogP contribution in [0.5, 0.6) is 0 Å². The Bertz CT molecular complexity index is 701. The SMILES string of the molecule is C[C@@H]1O[C@@H]2COP(O)(=S)O[C@H]3[C@H]4OC[C@@]3(COP(=O)(S)O[C@H]2[C@H]1F)O[C@H]4C. The zero-order chi connectivity index (χ0) is 19.6. The van der Waals surface area contributed by atoms with E-state index in [4.69, 9.17) is 44.1 Å². The first kappa shape index (κ1) is 21.1. The molecule has 0 radical (unpaired) electrons. The van der Waals surface area contributed by atoms with Crippen molar-refractivity contribution in [1.82, 2.24) is 0 Å². The van der Waals surface area contributed by atoms with Crippen molar-refractivity contribution in [3.05, 3.63) is 0 Å². The van der Waals surface area contributed by atoms with Gasteiger partial charge in [0.15, 0.2) is 6.17 Å². The van der Waals surface area contributed by atoms with Gasteiger partial charge in [0, 0.05) is 0 Å². The highest BCUT2D eigenvalue weighted by molar-refractivity contribution is 8.44. The molecule has 27 heavy (non-hydrogen) atoms. The summed E-state index contributed by atoms with van der Waals surface area (Å²) >= 11 is 9.05. The second kappa shape index (κ2) is 7.21. The number of hydrogen-bond acceptors (Lipinski definition) is 9. The number of alkyl halides is 1. The van der Waals surface area contributed by atoms with E-state index in [-0.39, 0.29) is 25.9 Å². The molecule has 4 rings (SSSR count). The highest BCUT2D eigenvalue weighted by atomic mass is 32.7. The third-order valence-corrected chi connectivity index (χ3v) is 8.25. The standard InChI is InChI=1S/C13H21FO9P2S2/c1-6-9(14)11-8(20-6)3-18-24(15,26)23-12-10-7(2)21-13(12,4-17-10)5-19-25(16,27)22-11/h6-12H,3-5H2,1-2H3,(H,15,26)(H,16,27)/t6-,7-,8+,9-,10-,11+,12-,13-,24?,25?/m0/s1. The summed E-state index contributed by atoms with van der Waals surface area (Å²) in [6.45, 7) is -4.91. The summed E-state index contributed by atoms with van der Waals surface area (Å²) in [6, 6.07) is 0. The first-order valence-corrected chi connectivity index (χ1v) is 13.7. The van der Waals surface area contributed by atoms with Crippen molar-refractivity contribution in [2.24, 2.45) is 0 Å². The van der Waals surface area contributed by atoms with E-state index < -0.39 is 55.8 Å². The molecule has 0 saturated carbocycles. The molecular weight excluding hydrogens is 445 g/mol. The predicted molar refractivity (Wildman–Crippen MR) is 97.0 cm³/mol. The molecule has 156 valence electrons. The zero-order valence-corrected chi connectivity index (χ0v) is 18.0. The Morgan fingerprint density at radius 2 is 1.93 bits per heavy atom. The molecule has 4 aliphatic rings. The maximum atomic E-state index is 14.5. The van der Waals surface area contributed by atoms with Gasteiger partial charge >= 0.3 is 13.5 Å². The van der Waals surface area contributed by atoms with Crippen LogP contribution in [-0.4, -0.2) is 73.1 Å². The first-order chi connectivity index (χ1) is 12.5. The summed E-state index contributed by atoms with van der Waals surface area (Å²) in [5.74, 6) is 0. The van der Waals surface area contributed by atoms with Crippen molar-refractivity contribution < 1.29 is 46.2 Å². The molecule has 0 aromatic heterocycles.